The third-order valence-electron chi connectivity index (χ3n) is 4.15. The molecule has 2 aromatic carbocycles. The van der Waals surface area contributed by atoms with Crippen LogP contribution in [0, 0.1) is 0 Å². The number of anilines is 1. The van der Waals surface area contributed by atoms with Gasteiger partial charge in [0.1, 0.15) is 11.3 Å². The zero-order chi connectivity index (χ0) is 21.8. The standard InChI is InChI=1S/C21H18Br2N2O5/c1-3-29-18-13(9-14(22)11-17(18)23)10-16-19(26)24-25(20(16)27)15-7-5-12(6-8-15)21(28)30-4-2/h5-11H,3-4H2,1-2H3,(H,24,26). The molecule has 0 spiro atoms. The van der Waals surface area contributed by atoms with Crippen molar-refractivity contribution >= 4 is 61.4 Å². The summed E-state index contributed by atoms with van der Waals surface area (Å²) in [6, 6.07) is 9.78. The van der Waals surface area contributed by atoms with Crippen molar-refractivity contribution in [2.45, 2.75) is 13.8 Å². The molecule has 2 aromatic rings. The lowest BCUT2D eigenvalue weighted by molar-refractivity contribution is -0.117. The van der Waals surface area contributed by atoms with Gasteiger partial charge in [0, 0.05) is 10.0 Å². The molecule has 1 N–H and O–H groups in total. The number of ether oxygens (including phenoxy) is 2. The molecule has 1 aliphatic heterocycles. The first-order chi connectivity index (χ1) is 14.3. The van der Waals surface area contributed by atoms with Gasteiger partial charge in [-0.2, -0.15) is 0 Å². The van der Waals surface area contributed by atoms with Crippen LogP contribution in [-0.4, -0.2) is 31.0 Å². The van der Waals surface area contributed by atoms with E-state index in [1.165, 1.54) is 18.2 Å². The van der Waals surface area contributed by atoms with Crippen LogP contribution >= 0.6 is 31.9 Å². The summed E-state index contributed by atoms with van der Waals surface area (Å²) in [5, 5.41) is 1.14. The van der Waals surface area contributed by atoms with Gasteiger partial charge in [0.25, 0.3) is 11.8 Å². The van der Waals surface area contributed by atoms with Gasteiger partial charge in [-0.1, -0.05) is 15.9 Å². The summed E-state index contributed by atoms with van der Waals surface area (Å²) in [7, 11) is 0. The van der Waals surface area contributed by atoms with Gasteiger partial charge in [-0.3, -0.25) is 15.0 Å². The number of hydrogen-bond acceptors (Lipinski definition) is 5. The van der Waals surface area contributed by atoms with Crippen molar-refractivity contribution in [2.75, 3.05) is 18.2 Å². The average molecular weight is 538 g/mol. The third kappa shape index (κ3) is 4.57. The van der Waals surface area contributed by atoms with Crippen LogP contribution in [0.25, 0.3) is 6.08 Å². The molecule has 9 heteroatoms. The molecular weight excluding hydrogens is 520 g/mol. The van der Waals surface area contributed by atoms with Gasteiger partial charge in [0.05, 0.1) is 28.9 Å². The number of rotatable bonds is 6. The maximum absolute atomic E-state index is 12.9. The highest BCUT2D eigenvalue weighted by Gasteiger charge is 2.35. The Morgan fingerprint density at radius 2 is 1.80 bits per heavy atom. The van der Waals surface area contributed by atoms with Crippen molar-refractivity contribution in [1.82, 2.24) is 5.43 Å². The third-order valence-corrected chi connectivity index (χ3v) is 5.20. The first-order valence-corrected chi connectivity index (χ1v) is 10.7. The summed E-state index contributed by atoms with van der Waals surface area (Å²) >= 11 is 6.85. The molecule has 7 nitrogen and oxygen atoms in total. The number of hydrazine groups is 1. The number of nitrogens with zero attached hydrogens (tertiary/aromatic N) is 1. The highest BCUT2D eigenvalue weighted by molar-refractivity contribution is 9.11. The zero-order valence-electron chi connectivity index (χ0n) is 16.2. The van der Waals surface area contributed by atoms with E-state index in [0.29, 0.717) is 33.6 Å². The van der Waals surface area contributed by atoms with E-state index in [2.05, 4.69) is 37.3 Å². The summed E-state index contributed by atoms with van der Waals surface area (Å²) in [5.74, 6) is -0.966. The van der Waals surface area contributed by atoms with E-state index in [0.717, 1.165) is 9.48 Å². The Labute approximate surface area is 190 Å². The zero-order valence-corrected chi connectivity index (χ0v) is 19.4. The Morgan fingerprint density at radius 1 is 1.10 bits per heavy atom. The monoisotopic (exact) mass is 536 g/mol. The van der Waals surface area contributed by atoms with Crippen molar-refractivity contribution in [3.8, 4) is 5.75 Å². The minimum Gasteiger partial charge on any atom is -0.492 e. The molecule has 0 aromatic heterocycles. The van der Waals surface area contributed by atoms with Gasteiger partial charge in [-0.15, -0.1) is 0 Å². The summed E-state index contributed by atoms with van der Waals surface area (Å²) < 4.78 is 12.1. The molecule has 2 amide bonds. The van der Waals surface area contributed by atoms with Gasteiger partial charge in [0.2, 0.25) is 0 Å². The maximum Gasteiger partial charge on any atom is 0.338 e. The summed E-state index contributed by atoms with van der Waals surface area (Å²) in [6.45, 7) is 4.26. The molecule has 1 saturated heterocycles. The Bertz CT molecular complexity index is 1030. The Morgan fingerprint density at radius 3 is 2.43 bits per heavy atom. The molecule has 156 valence electrons. The second-order valence-electron chi connectivity index (χ2n) is 6.15. The van der Waals surface area contributed by atoms with Crippen molar-refractivity contribution in [2.24, 2.45) is 0 Å². The Hall–Kier alpha value is -2.65. The normalized spacial score (nSPS) is 14.8. The van der Waals surface area contributed by atoms with Crippen molar-refractivity contribution in [1.29, 1.82) is 0 Å². The van der Waals surface area contributed by atoms with Crippen LogP contribution < -0.4 is 15.2 Å². The molecule has 3 rings (SSSR count). The van der Waals surface area contributed by atoms with E-state index >= 15 is 0 Å². The number of amides is 2. The first kappa shape index (κ1) is 22.0. The van der Waals surface area contributed by atoms with E-state index in [4.69, 9.17) is 9.47 Å². The summed E-state index contributed by atoms with van der Waals surface area (Å²) in [4.78, 5) is 37.2. The van der Waals surface area contributed by atoms with E-state index in [1.807, 2.05) is 13.0 Å². The van der Waals surface area contributed by atoms with E-state index < -0.39 is 17.8 Å². The maximum atomic E-state index is 12.9. The van der Waals surface area contributed by atoms with Gasteiger partial charge in [-0.25, -0.2) is 9.80 Å². The Kier molecular flexibility index (Phi) is 6.94. The lowest BCUT2D eigenvalue weighted by Gasteiger charge is -2.15. The molecule has 0 bridgehead atoms. The molecular formula is C21H18Br2N2O5. The molecule has 0 atom stereocenters. The number of benzene rings is 2. The van der Waals surface area contributed by atoms with Gasteiger partial charge >= 0.3 is 5.97 Å². The number of carbonyl (C=O) groups excluding carboxylic acids is 3. The van der Waals surface area contributed by atoms with E-state index in [-0.39, 0.29) is 12.2 Å². The molecule has 0 radical (unpaired) electrons. The highest BCUT2D eigenvalue weighted by Crippen LogP contribution is 2.35. The number of nitrogens with one attached hydrogen (secondary N) is 1. The molecule has 0 saturated carbocycles. The molecule has 0 aliphatic carbocycles. The second-order valence-corrected chi connectivity index (χ2v) is 7.92. The van der Waals surface area contributed by atoms with Crippen LogP contribution in [0.4, 0.5) is 5.69 Å². The average Bonchev–Trinajstić information content (AvgIpc) is 2.99. The van der Waals surface area contributed by atoms with Crippen LogP contribution in [0.5, 0.6) is 5.75 Å². The van der Waals surface area contributed by atoms with Crippen LogP contribution in [-0.2, 0) is 14.3 Å². The summed E-state index contributed by atoms with van der Waals surface area (Å²) in [6.07, 6.45) is 1.49. The van der Waals surface area contributed by atoms with Gasteiger partial charge in [0.15, 0.2) is 0 Å². The lowest BCUT2D eigenvalue weighted by Crippen LogP contribution is -2.35. The van der Waals surface area contributed by atoms with Gasteiger partial charge in [-0.05, 0) is 72.3 Å². The molecule has 1 fully saturated rings. The van der Waals surface area contributed by atoms with Crippen molar-refractivity contribution in [3.63, 3.8) is 0 Å². The first-order valence-electron chi connectivity index (χ1n) is 9.11. The SMILES string of the molecule is CCOC(=O)c1ccc(N2NC(=O)C(=Cc3cc(Br)cc(Br)c3OCC)C2=O)cc1. The van der Waals surface area contributed by atoms with E-state index in [1.54, 1.807) is 25.1 Å². The molecule has 30 heavy (non-hydrogen) atoms. The predicted molar refractivity (Wildman–Crippen MR) is 119 cm³/mol. The molecule has 1 heterocycles. The predicted octanol–water partition coefficient (Wildman–Crippen LogP) is 4.25. The lowest BCUT2D eigenvalue weighted by atomic mass is 10.1. The second kappa shape index (κ2) is 9.44. The minimum absolute atomic E-state index is 0.0320. The van der Waals surface area contributed by atoms with Crippen LogP contribution in [0.15, 0.2) is 50.9 Å². The molecule has 0 unspecified atom stereocenters. The topological polar surface area (TPSA) is 84.9 Å². The fourth-order valence-corrected chi connectivity index (χ4v) is 4.21. The van der Waals surface area contributed by atoms with Crippen LogP contribution in [0.1, 0.15) is 29.8 Å². The van der Waals surface area contributed by atoms with E-state index in [9.17, 15) is 14.4 Å². The highest BCUT2D eigenvalue weighted by atomic mass is 79.9. The fraction of sp³-hybridized carbons (Fsp3) is 0.190. The number of carbonyl (C=O) groups is 3. The van der Waals surface area contributed by atoms with Crippen LogP contribution in [0.3, 0.4) is 0 Å². The quantitative estimate of drug-likeness (QED) is 0.338. The van der Waals surface area contributed by atoms with Crippen molar-refractivity contribution in [3.05, 3.63) is 62.0 Å². The number of esters is 1. The van der Waals surface area contributed by atoms with Crippen molar-refractivity contribution < 1.29 is 23.9 Å². The minimum atomic E-state index is -0.534. The summed E-state index contributed by atoms with van der Waals surface area (Å²) in [5.41, 5.74) is 3.87. The van der Waals surface area contributed by atoms with Crippen LogP contribution in [0.2, 0.25) is 0 Å². The molecule has 1 aliphatic rings. The Balaban J connectivity index is 1.91. The smallest absolute Gasteiger partial charge is 0.338 e. The van der Waals surface area contributed by atoms with Gasteiger partial charge < -0.3 is 9.47 Å². The fourth-order valence-electron chi connectivity index (χ4n) is 2.84. The number of halogens is 2. The number of hydrogen-bond donors (Lipinski definition) is 1. The largest absolute Gasteiger partial charge is 0.492 e.